The van der Waals surface area contributed by atoms with Crippen molar-refractivity contribution in [1.29, 1.82) is 0 Å². The Hall–Kier alpha value is -1.64. The summed E-state index contributed by atoms with van der Waals surface area (Å²) >= 11 is 0. The summed E-state index contributed by atoms with van der Waals surface area (Å²) in [6, 6.07) is 1.43. The SMILES string of the molecule is CC1CCN(C(=O)CS(=O)(=O)c2ccc(C(F)(F)F)cn2)CC1. The molecule has 2 heterocycles. The lowest BCUT2D eigenvalue weighted by Crippen LogP contribution is -2.41. The van der Waals surface area contributed by atoms with Crippen molar-refractivity contribution in [3.05, 3.63) is 23.9 Å². The zero-order valence-electron chi connectivity index (χ0n) is 12.5. The Morgan fingerprint density at radius 2 is 1.91 bits per heavy atom. The third kappa shape index (κ3) is 4.43. The molecule has 1 aliphatic heterocycles. The van der Waals surface area contributed by atoms with Crippen LogP contribution in [0.3, 0.4) is 0 Å². The minimum atomic E-state index is -4.59. The third-order valence-electron chi connectivity index (χ3n) is 3.83. The molecule has 0 unspecified atom stereocenters. The second kappa shape index (κ2) is 6.46. The van der Waals surface area contributed by atoms with Crippen LogP contribution in [-0.2, 0) is 20.8 Å². The van der Waals surface area contributed by atoms with Gasteiger partial charge >= 0.3 is 6.18 Å². The number of rotatable bonds is 3. The Bertz CT molecular complexity index is 664. The topological polar surface area (TPSA) is 67.3 Å². The molecule has 1 amide bonds. The molecule has 2 rings (SSSR count). The predicted octanol–water partition coefficient (Wildman–Crippen LogP) is 2.13. The van der Waals surface area contributed by atoms with Gasteiger partial charge in [-0.05, 0) is 30.9 Å². The average molecular weight is 350 g/mol. The standard InChI is InChI=1S/C14H17F3N2O3S/c1-10-4-6-19(7-5-10)13(20)9-23(21,22)12-3-2-11(8-18-12)14(15,16)17/h2-3,8,10H,4-7,9H2,1H3. The van der Waals surface area contributed by atoms with Crippen LogP contribution in [-0.4, -0.2) is 43.1 Å². The molecule has 1 saturated heterocycles. The van der Waals surface area contributed by atoms with Crippen LogP contribution >= 0.6 is 0 Å². The first kappa shape index (κ1) is 17.7. The molecule has 1 aromatic heterocycles. The number of halogens is 3. The van der Waals surface area contributed by atoms with Gasteiger partial charge in [0.2, 0.25) is 15.7 Å². The number of likely N-dealkylation sites (tertiary alicyclic amines) is 1. The highest BCUT2D eigenvalue weighted by molar-refractivity contribution is 7.92. The second-order valence-corrected chi connectivity index (χ2v) is 7.64. The van der Waals surface area contributed by atoms with Gasteiger partial charge in [-0.15, -0.1) is 0 Å². The number of carbonyl (C=O) groups excluding carboxylic acids is 1. The number of hydrogen-bond donors (Lipinski definition) is 0. The molecule has 0 aliphatic carbocycles. The molecule has 0 radical (unpaired) electrons. The summed E-state index contributed by atoms with van der Waals surface area (Å²) in [5.74, 6) is -0.828. The zero-order chi connectivity index (χ0) is 17.3. The fraction of sp³-hybridized carbons (Fsp3) is 0.571. The second-order valence-electron chi connectivity index (χ2n) is 5.71. The molecule has 0 atom stereocenters. The van der Waals surface area contributed by atoms with Gasteiger partial charge in [0.1, 0.15) is 5.75 Å². The van der Waals surface area contributed by atoms with Gasteiger partial charge in [-0.3, -0.25) is 4.79 Å². The lowest BCUT2D eigenvalue weighted by molar-refractivity contribution is -0.138. The van der Waals surface area contributed by atoms with Crippen LogP contribution in [0.15, 0.2) is 23.4 Å². The molecule has 23 heavy (non-hydrogen) atoms. The van der Waals surface area contributed by atoms with E-state index in [-0.39, 0.29) is 0 Å². The molecule has 0 spiro atoms. The van der Waals surface area contributed by atoms with E-state index in [1.165, 1.54) is 4.90 Å². The molecule has 0 saturated carbocycles. The number of sulfone groups is 1. The number of nitrogens with zero attached hydrogens (tertiary/aromatic N) is 2. The summed E-state index contributed by atoms with van der Waals surface area (Å²) in [5, 5.41) is -0.524. The Morgan fingerprint density at radius 3 is 2.39 bits per heavy atom. The molecular weight excluding hydrogens is 333 g/mol. The van der Waals surface area contributed by atoms with Crippen LogP contribution < -0.4 is 0 Å². The minimum absolute atomic E-state index is 0.458. The number of carbonyl (C=O) groups is 1. The average Bonchev–Trinajstić information content (AvgIpc) is 2.46. The fourth-order valence-corrected chi connectivity index (χ4v) is 3.46. The highest BCUT2D eigenvalue weighted by atomic mass is 32.2. The maximum Gasteiger partial charge on any atom is 0.417 e. The molecule has 0 aromatic carbocycles. The third-order valence-corrected chi connectivity index (χ3v) is 5.34. The van der Waals surface area contributed by atoms with Crippen LogP contribution in [0.4, 0.5) is 13.2 Å². The van der Waals surface area contributed by atoms with Crippen LogP contribution in [0, 0.1) is 5.92 Å². The maximum absolute atomic E-state index is 12.5. The van der Waals surface area contributed by atoms with Gasteiger partial charge in [0.05, 0.1) is 5.56 Å². The quantitative estimate of drug-likeness (QED) is 0.838. The van der Waals surface area contributed by atoms with E-state index in [9.17, 15) is 26.4 Å². The van der Waals surface area contributed by atoms with Crippen molar-refractivity contribution < 1.29 is 26.4 Å². The van der Waals surface area contributed by atoms with Gasteiger partial charge in [0.15, 0.2) is 5.03 Å². The zero-order valence-corrected chi connectivity index (χ0v) is 13.3. The number of amides is 1. The van der Waals surface area contributed by atoms with Crippen molar-refractivity contribution in [3.63, 3.8) is 0 Å². The lowest BCUT2D eigenvalue weighted by atomic mass is 9.99. The molecule has 5 nitrogen and oxygen atoms in total. The van der Waals surface area contributed by atoms with Crippen molar-refractivity contribution in [1.82, 2.24) is 9.88 Å². The molecule has 1 fully saturated rings. The van der Waals surface area contributed by atoms with Crippen LogP contribution in [0.25, 0.3) is 0 Å². The summed E-state index contributed by atoms with van der Waals surface area (Å²) < 4.78 is 61.6. The lowest BCUT2D eigenvalue weighted by Gasteiger charge is -2.30. The summed E-state index contributed by atoms with van der Waals surface area (Å²) in [6.07, 6.45) is -2.51. The van der Waals surface area contributed by atoms with Crippen LogP contribution in [0.1, 0.15) is 25.3 Å². The van der Waals surface area contributed by atoms with Gasteiger partial charge in [-0.1, -0.05) is 6.92 Å². The first-order valence-corrected chi connectivity index (χ1v) is 8.78. The minimum Gasteiger partial charge on any atom is -0.342 e. The molecule has 0 bridgehead atoms. The number of alkyl halides is 3. The maximum atomic E-state index is 12.5. The van der Waals surface area contributed by atoms with E-state index in [0.717, 1.165) is 18.9 Å². The van der Waals surface area contributed by atoms with Crippen molar-refractivity contribution in [2.24, 2.45) is 5.92 Å². The Balaban J connectivity index is 2.08. The van der Waals surface area contributed by atoms with Gasteiger partial charge in [0, 0.05) is 19.3 Å². The number of aromatic nitrogens is 1. The van der Waals surface area contributed by atoms with Gasteiger partial charge in [-0.2, -0.15) is 13.2 Å². The Labute approximate surface area is 132 Å². The van der Waals surface area contributed by atoms with Crippen molar-refractivity contribution in [2.75, 3.05) is 18.8 Å². The Morgan fingerprint density at radius 1 is 1.30 bits per heavy atom. The predicted molar refractivity (Wildman–Crippen MR) is 76.3 cm³/mol. The normalized spacial score (nSPS) is 17.3. The van der Waals surface area contributed by atoms with Crippen LogP contribution in [0.2, 0.25) is 0 Å². The van der Waals surface area contributed by atoms with Crippen molar-refractivity contribution in [2.45, 2.75) is 31.0 Å². The number of hydrogen-bond acceptors (Lipinski definition) is 4. The smallest absolute Gasteiger partial charge is 0.342 e. The van der Waals surface area contributed by atoms with E-state index in [0.29, 0.717) is 31.3 Å². The first-order valence-electron chi connectivity index (χ1n) is 7.13. The van der Waals surface area contributed by atoms with E-state index in [1.54, 1.807) is 0 Å². The largest absolute Gasteiger partial charge is 0.417 e. The first-order chi connectivity index (χ1) is 10.6. The monoisotopic (exact) mass is 350 g/mol. The van der Waals surface area contributed by atoms with Crippen molar-refractivity contribution >= 4 is 15.7 Å². The fourth-order valence-electron chi connectivity index (χ4n) is 2.32. The van der Waals surface area contributed by atoms with Crippen LogP contribution in [0.5, 0.6) is 0 Å². The highest BCUT2D eigenvalue weighted by Crippen LogP contribution is 2.29. The molecule has 1 aromatic rings. The van der Waals surface area contributed by atoms with E-state index in [1.807, 2.05) is 0 Å². The van der Waals surface area contributed by atoms with Gasteiger partial charge in [0.25, 0.3) is 0 Å². The molecule has 0 N–H and O–H groups in total. The molecular formula is C14H17F3N2O3S. The van der Waals surface area contributed by atoms with E-state index in [4.69, 9.17) is 0 Å². The van der Waals surface area contributed by atoms with E-state index in [2.05, 4.69) is 11.9 Å². The summed E-state index contributed by atoms with van der Waals surface area (Å²) in [5.41, 5.74) is -1.03. The van der Waals surface area contributed by atoms with Crippen molar-refractivity contribution in [3.8, 4) is 0 Å². The number of piperidine rings is 1. The summed E-state index contributed by atoms with van der Waals surface area (Å²) in [7, 11) is -4.05. The van der Waals surface area contributed by atoms with Gasteiger partial charge < -0.3 is 4.90 Å². The Kier molecular flexibility index (Phi) is 4.98. The van der Waals surface area contributed by atoms with E-state index >= 15 is 0 Å². The summed E-state index contributed by atoms with van der Waals surface area (Å²) in [6.45, 7) is 3.05. The molecule has 128 valence electrons. The highest BCUT2D eigenvalue weighted by Gasteiger charge is 2.32. The van der Waals surface area contributed by atoms with E-state index < -0.39 is 38.3 Å². The molecule has 9 heteroatoms. The molecule has 1 aliphatic rings. The van der Waals surface area contributed by atoms with Gasteiger partial charge in [-0.25, -0.2) is 13.4 Å². The summed E-state index contributed by atoms with van der Waals surface area (Å²) in [4.78, 5) is 16.9. The number of pyridine rings is 1.